The zero-order valence-electron chi connectivity index (χ0n) is 24.0. The molecule has 4 aromatic rings. The zero-order valence-corrected chi connectivity index (χ0v) is 27.9. The smallest absolute Gasteiger partial charge is 0.172 e. The molecule has 20 radical (unpaired) electrons. The molecule has 0 N–H and O–H groups in total. The number of hydrogen-bond donors (Lipinski definition) is 0. The van der Waals surface area contributed by atoms with Gasteiger partial charge in [0.1, 0.15) is 22.1 Å². The van der Waals surface area contributed by atoms with Crippen molar-refractivity contribution >= 4 is 45.5 Å². The molecule has 46 heavy (non-hydrogen) atoms. The van der Waals surface area contributed by atoms with Crippen molar-refractivity contribution in [3.8, 4) is 35.5 Å². The minimum Gasteiger partial charge on any atom is -0.172 e. The molecule has 4 fully saturated rings. The van der Waals surface area contributed by atoms with Crippen LogP contribution in [0.5, 0.6) is 0 Å². The van der Waals surface area contributed by atoms with E-state index in [0.29, 0.717) is 0 Å². The van der Waals surface area contributed by atoms with Gasteiger partial charge in [-0.15, -0.1) is 0 Å². The van der Waals surface area contributed by atoms with Crippen LogP contribution in [0.25, 0.3) is 22.1 Å². The molecule has 4 nitrogen and oxygen atoms in total. The van der Waals surface area contributed by atoms with Crippen LogP contribution < -0.4 is 0 Å². The molecule has 2 aromatic heterocycles. The first kappa shape index (κ1) is 36.6. The molecule has 0 amide bonds. The Labute approximate surface area is 304 Å². The Bertz CT molecular complexity index is 1580. The Balaban J connectivity index is 0.000000342. The fourth-order valence-corrected chi connectivity index (χ4v) is 5.25. The van der Waals surface area contributed by atoms with Crippen molar-refractivity contribution in [2.75, 3.05) is 0 Å². The van der Waals surface area contributed by atoms with Gasteiger partial charge in [-0.3, -0.25) is 0 Å². The first-order valence-electron chi connectivity index (χ1n) is 13.7. The molecule has 0 aliphatic heterocycles. The summed E-state index contributed by atoms with van der Waals surface area (Å²) in [7, 11) is 0. The van der Waals surface area contributed by atoms with Crippen LogP contribution >= 0.6 is 23.5 Å². The molecule has 0 atom stereocenters. The number of benzene rings is 2. The quantitative estimate of drug-likeness (QED) is 0.152. The van der Waals surface area contributed by atoms with E-state index >= 15 is 0 Å². The Hall–Kier alpha value is -2.20. The average molecular weight is 710 g/mol. The molecule has 2 aromatic carbocycles. The first-order valence-corrected chi connectivity index (χ1v) is 15.1. The predicted molar refractivity (Wildman–Crippen MR) is 178 cm³/mol. The van der Waals surface area contributed by atoms with Crippen molar-refractivity contribution in [1.29, 1.82) is 0 Å². The summed E-state index contributed by atoms with van der Waals surface area (Å²) in [5, 5.41) is 0. The second-order valence-corrected chi connectivity index (χ2v) is 10.3. The van der Waals surface area contributed by atoms with Crippen molar-refractivity contribution < 1.29 is 34.1 Å². The van der Waals surface area contributed by atoms with Gasteiger partial charge < -0.3 is 0 Å². The summed E-state index contributed by atoms with van der Waals surface area (Å²) in [6.45, 7) is 0. The third kappa shape index (κ3) is 10.1. The third-order valence-electron chi connectivity index (χ3n) is 6.28. The fourth-order valence-electron chi connectivity index (χ4n) is 4.11. The molecule has 0 saturated heterocycles. The monoisotopic (exact) mass is 710 g/mol. The number of nitrogens with zero attached hydrogens (tertiary/aromatic N) is 4. The van der Waals surface area contributed by atoms with Gasteiger partial charge in [-0.2, -0.15) is 17.5 Å². The number of hydrogen-bond acceptors (Lipinski definition) is 6. The Kier molecular flexibility index (Phi) is 15.6. The first-order chi connectivity index (χ1) is 21.8. The normalized spacial score (nSPS) is 17.1. The van der Waals surface area contributed by atoms with Gasteiger partial charge in [-0.25, -0.2) is 0 Å². The van der Waals surface area contributed by atoms with Crippen LogP contribution in [0, 0.1) is 163 Å². The van der Waals surface area contributed by atoms with Gasteiger partial charge in [-0.05, 0) is 140 Å². The average Bonchev–Trinajstić information content (AvgIpc) is 3.91. The predicted octanol–water partition coefficient (Wildman–Crippen LogP) is 6.65. The van der Waals surface area contributed by atoms with Gasteiger partial charge in [0.15, 0.2) is 0 Å². The molecule has 0 unspecified atom stereocenters. The van der Waals surface area contributed by atoms with Crippen LogP contribution in [0.4, 0.5) is 0 Å². The minimum absolute atomic E-state index is 0. The van der Waals surface area contributed by atoms with Crippen molar-refractivity contribution in [2.24, 2.45) is 0 Å². The summed E-state index contributed by atoms with van der Waals surface area (Å²) in [5.41, 5.74) is 6.36. The number of fused-ring (bicyclic) bond motifs is 2. The molecule has 2 heterocycles. The molecule has 8 heteroatoms. The summed E-state index contributed by atoms with van der Waals surface area (Å²) in [5.74, 6) is 21.2. The maximum atomic E-state index is 4.47. The van der Waals surface area contributed by atoms with Gasteiger partial charge in [0.2, 0.25) is 0 Å². The van der Waals surface area contributed by atoms with E-state index in [9.17, 15) is 0 Å². The molecular formula is C38H22Fe2N4S2+4. The van der Waals surface area contributed by atoms with Gasteiger partial charge in [-0.1, -0.05) is 35.5 Å². The third-order valence-corrected chi connectivity index (χ3v) is 7.34. The van der Waals surface area contributed by atoms with Gasteiger partial charge >= 0.3 is 34.1 Å². The second-order valence-electron chi connectivity index (χ2n) is 9.27. The summed E-state index contributed by atoms with van der Waals surface area (Å²) >= 11 is 2.33. The maximum absolute atomic E-state index is 4.47. The summed E-state index contributed by atoms with van der Waals surface area (Å²) in [4.78, 5) is 0. The minimum atomic E-state index is 0. The topological polar surface area (TPSA) is 51.6 Å². The van der Waals surface area contributed by atoms with Crippen LogP contribution in [-0.2, 0) is 34.1 Å². The fraction of sp³-hybridized carbons (Fsp3) is 0. The molecule has 4 aliphatic rings. The maximum Gasteiger partial charge on any atom is 2.00 e. The van der Waals surface area contributed by atoms with Gasteiger partial charge in [0.05, 0.1) is 57.5 Å². The van der Waals surface area contributed by atoms with Crippen molar-refractivity contribution in [3.63, 3.8) is 0 Å². The Morgan fingerprint density at radius 2 is 0.565 bits per heavy atom. The number of rotatable bonds is 0. The van der Waals surface area contributed by atoms with Crippen molar-refractivity contribution in [3.05, 3.63) is 174 Å². The van der Waals surface area contributed by atoms with Crippen LogP contribution in [0.2, 0.25) is 0 Å². The molecule has 0 bridgehead atoms. The van der Waals surface area contributed by atoms with E-state index < -0.39 is 0 Å². The van der Waals surface area contributed by atoms with E-state index in [1.807, 2.05) is 140 Å². The van der Waals surface area contributed by atoms with Gasteiger partial charge in [0.25, 0.3) is 0 Å². The molecule has 218 valence electrons. The largest absolute Gasteiger partial charge is 2.00 e. The molecule has 4 saturated carbocycles. The van der Waals surface area contributed by atoms with Crippen LogP contribution in [0.15, 0.2) is 24.3 Å². The van der Waals surface area contributed by atoms with E-state index in [1.54, 1.807) is 0 Å². The molecule has 0 spiro atoms. The molecule has 8 rings (SSSR count). The van der Waals surface area contributed by atoms with Crippen molar-refractivity contribution in [2.45, 2.75) is 0 Å². The Morgan fingerprint density at radius 1 is 0.326 bits per heavy atom. The van der Waals surface area contributed by atoms with E-state index in [2.05, 4.69) is 53.0 Å². The van der Waals surface area contributed by atoms with E-state index in [1.165, 1.54) is 0 Å². The standard InChI is InChI=1S/C28H12N4S2.2C5H5.2Fe/c1-2-6-19(5-1)9-11-21-13-15-23(27-25(21)29-33-31-27)17-18-24-16-14-22(26-28(24)32-34-30-26)12-10-20-7-3-4-8-20;2*1-2-4-5-3-1;;/h1-8,13-16H;2*1-5H;;/q;;;2*+2. The molecular weight excluding hydrogens is 688 g/mol. The Morgan fingerprint density at radius 3 is 0.826 bits per heavy atom. The van der Waals surface area contributed by atoms with E-state index in [0.717, 1.165) is 79.6 Å². The zero-order chi connectivity index (χ0) is 29.8. The number of aromatic nitrogens is 4. The van der Waals surface area contributed by atoms with Gasteiger partial charge in [0, 0.05) is 0 Å². The van der Waals surface area contributed by atoms with Crippen LogP contribution in [0.3, 0.4) is 0 Å². The summed E-state index contributed by atoms with van der Waals surface area (Å²) in [6.07, 6.45) is 35.8. The van der Waals surface area contributed by atoms with Crippen LogP contribution in [0.1, 0.15) is 22.3 Å². The van der Waals surface area contributed by atoms with Crippen LogP contribution in [-0.4, -0.2) is 17.5 Å². The summed E-state index contributed by atoms with van der Waals surface area (Å²) < 4.78 is 17.8. The second kappa shape index (κ2) is 19.6. The van der Waals surface area contributed by atoms with E-state index in [-0.39, 0.29) is 34.1 Å². The summed E-state index contributed by atoms with van der Waals surface area (Å²) in [6, 6.07) is 7.79. The molecule has 4 aliphatic carbocycles. The SMILES string of the molecule is C(#Cc1ccc(C#Cc2ccc(C#C[C]3[CH][CH][CH][CH]3)c3nsnc23)c2nsnc12)[C]1[CH][CH][CH][CH]1.[CH]1[CH][CH][CH][CH]1.[CH]1[CH][CH][CH][CH]1.[Fe+2].[Fe+2]. The van der Waals surface area contributed by atoms with Crippen molar-refractivity contribution in [1.82, 2.24) is 17.5 Å². The van der Waals surface area contributed by atoms with E-state index in [4.69, 9.17) is 0 Å².